The number of aryl methyl sites for hydroxylation is 2. The Bertz CT molecular complexity index is 511. The van der Waals surface area contributed by atoms with Gasteiger partial charge >= 0.3 is 0 Å². The van der Waals surface area contributed by atoms with E-state index in [2.05, 4.69) is 49.9 Å². The molecular weight excluding hydrogens is 422 g/mol. The summed E-state index contributed by atoms with van der Waals surface area (Å²) in [5, 5.41) is 0. The van der Waals surface area contributed by atoms with Gasteiger partial charge in [-0.1, -0.05) is 141 Å². The Morgan fingerprint density at radius 3 is 1.27 bits per heavy atom. The van der Waals surface area contributed by atoms with Crippen LogP contribution in [0.25, 0.3) is 0 Å². The second-order valence-corrected chi connectivity index (χ2v) is 10.1. The van der Waals surface area contributed by atoms with Gasteiger partial charge in [0.1, 0.15) is 0 Å². The van der Waals surface area contributed by atoms with Crippen LogP contribution in [0.3, 0.4) is 0 Å². The van der Waals surface area contributed by atoms with Gasteiger partial charge in [0.2, 0.25) is 0 Å². The van der Waals surface area contributed by atoms with Gasteiger partial charge in [-0.2, -0.15) is 0 Å². The van der Waals surface area contributed by atoms with E-state index >= 15 is 0 Å². The van der Waals surface area contributed by atoms with Crippen molar-refractivity contribution >= 4 is 12.4 Å². The molecule has 0 bridgehead atoms. The molecule has 0 saturated heterocycles. The first-order valence-corrected chi connectivity index (χ1v) is 14.5. The Hall–Kier alpha value is -0.530. The van der Waals surface area contributed by atoms with Crippen LogP contribution in [-0.4, -0.2) is 24.5 Å². The highest BCUT2D eigenvalue weighted by atomic mass is 35.5. The number of halogens is 1. The molecule has 0 radical (unpaired) electrons. The molecule has 2 heteroatoms. The van der Waals surface area contributed by atoms with Gasteiger partial charge in [0, 0.05) is 0 Å². The SMILES string of the molecule is CCN(CC)CCCCCCCCCCCCCCCCCCCCc1ccccc1C.Cl. The van der Waals surface area contributed by atoms with E-state index in [0.29, 0.717) is 0 Å². The van der Waals surface area contributed by atoms with E-state index in [1.807, 2.05) is 0 Å². The minimum absolute atomic E-state index is 0. The van der Waals surface area contributed by atoms with E-state index in [-0.39, 0.29) is 12.4 Å². The maximum absolute atomic E-state index is 2.55. The lowest BCUT2D eigenvalue weighted by atomic mass is 10.0. The maximum atomic E-state index is 2.55. The number of nitrogens with zero attached hydrogens (tertiary/aromatic N) is 1. The Balaban J connectivity index is 0.0000102. The summed E-state index contributed by atoms with van der Waals surface area (Å²) in [6.45, 7) is 10.5. The first-order valence-electron chi connectivity index (χ1n) is 14.5. The van der Waals surface area contributed by atoms with Crippen LogP contribution in [0.1, 0.15) is 141 Å². The quantitative estimate of drug-likeness (QED) is 0.141. The van der Waals surface area contributed by atoms with Crippen LogP contribution in [0.5, 0.6) is 0 Å². The van der Waals surface area contributed by atoms with Gasteiger partial charge in [-0.3, -0.25) is 0 Å². The summed E-state index contributed by atoms with van der Waals surface area (Å²) in [6.07, 6.45) is 27.4. The minimum atomic E-state index is 0. The topological polar surface area (TPSA) is 3.24 Å². The van der Waals surface area contributed by atoms with Crippen LogP contribution >= 0.6 is 12.4 Å². The first-order chi connectivity index (χ1) is 15.8. The lowest BCUT2D eigenvalue weighted by molar-refractivity contribution is 0.295. The van der Waals surface area contributed by atoms with Gasteiger partial charge in [-0.05, 0) is 56.9 Å². The Morgan fingerprint density at radius 1 is 0.515 bits per heavy atom. The molecule has 0 aromatic heterocycles. The summed E-state index contributed by atoms with van der Waals surface area (Å²) < 4.78 is 0. The van der Waals surface area contributed by atoms with Gasteiger partial charge in [0.25, 0.3) is 0 Å². The fraction of sp³-hybridized carbons (Fsp3) is 0.806. The molecule has 0 saturated carbocycles. The largest absolute Gasteiger partial charge is 0.304 e. The van der Waals surface area contributed by atoms with Gasteiger partial charge in [0.15, 0.2) is 0 Å². The van der Waals surface area contributed by atoms with Crippen molar-refractivity contribution in [2.24, 2.45) is 0 Å². The highest BCUT2D eigenvalue weighted by Crippen LogP contribution is 2.16. The van der Waals surface area contributed by atoms with Gasteiger partial charge in [-0.15, -0.1) is 12.4 Å². The lowest BCUT2D eigenvalue weighted by Gasteiger charge is -2.17. The fourth-order valence-corrected chi connectivity index (χ4v) is 4.91. The Morgan fingerprint density at radius 2 is 0.879 bits per heavy atom. The van der Waals surface area contributed by atoms with E-state index in [9.17, 15) is 0 Å². The molecule has 0 spiro atoms. The minimum Gasteiger partial charge on any atom is -0.304 e. The third-order valence-corrected chi connectivity index (χ3v) is 7.33. The van der Waals surface area contributed by atoms with Crippen LogP contribution < -0.4 is 0 Å². The fourth-order valence-electron chi connectivity index (χ4n) is 4.91. The second-order valence-electron chi connectivity index (χ2n) is 10.1. The molecule has 0 N–H and O–H groups in total. The summed E-state index contributed by atoms with van der Waals surface area (Å²) in [6, 6.07) is 8.87. The zero-order valence-electron chi connectivity index (χ0n) is 22.7. The van der Waals surface area contributed by atoms with Crippen molar-refractivity contribution in [1.29, 1.82) is 0 Å². The molecule has 0 aliphatic rings. The van der Waals surface area contributed by atoms with Crippen LogP contribution in [0, 0.1) is 6.92 Å². The highest BCUT2D eigenvalue weighted by Gasteiger charge is 1.99. The standard InChI is InChI=1S/C31H57N.ClH/c1-4-32(5-2)29-25-21-19-17-15-13-11-9-7-6-8-10-12-14-16-18-20-22-27-31-28-24-23-26-30(31)3;/h23-24,26,28H,4-22,25,27,29H2,1-3H3;1H. The molecule has 0 aliphatic carbocycles. The average Bonchev–Trinajstić information content (AvgIpc) is 2.81. The van der Waals surface area contributed by atoms with E-state index in [1.165, 1.54) is 147 Å². The molecule has 1 rings (SSSR count). The van der Waals surface area contributed by atoms with Crippen molar-refractivity contribution in [3.8, 4) is 0 Å². The monoisotopic (exact) mass is 479 g/mol. The van der Waals surface area contributed by atoms with E-state index in [0.717, 1.165) is 0 Å². The van der Waals surface area contributed by atoms with Crippen molar-refractivity contribution in [2.45, 2.75) is 143 Å². The molecule has 1 nitrogen and oxygen atoms in total. The Kier molecular flexibility index (Phi) is 24.2. The van der Waals surface area contributed by atoms with Crippen LogP contribution in [0.4, 0.5) is 0 Å². The van der Waals surface area contributed by atoms with Crippen molar-refractivity contribution in [1.82, 2.24) is 4.90 Å². The van der Waals surface area contributed by atoms with Crippen molar-refractivity contribution < 1.29 is 0 Å². The summed E-state index contributed by atoms with van der Waals surface area (Å²) in [4.78, 5) is 2.55. The van der Waals surface area contributed by atoms with Gasteiger partial charge in [0.05, 0.1) is 0 Å². The van der Waals surface area contributed by atoms with Crippen molar-refractivity contribution in [3.63, 3.8) is 0 Å². The Labute approximate surface area is 214 Å². The number of hydrogen-bond acceptors (Lipinski definition) is 1. The van der Waals surface area contributed by atoms with E-state index < -0.39 is 0 Å². The van der Waals surface area contributed by atoms with Crippen molar-refractivity contribution in [2.75, 3.05) is 19.6 Å². The summed E-state index contributed by atoms with van der Waals surface area (Å²) in [7, 11) is 0. The molecule has 0 aliphatic heterocycles. The molecule has 0 atom stereocenters. The first kappa shape index (κ1) is 32.5. The van der Waals surface area contributed by atoms with Crippen LogP contribution in [0.15, 0.2) is 24.3 Å². The zero-order valence-corrected chi connectivity index (χ0v) is 23.5. The van der Waals surface area contributed by atoms with Crippen LogP contribution in [-0.2, 0) is 6.42 Å². The molecule has 0 amide bonds. The third-order valence-electron chi connectivity index (χ3n) is 7.33. The number of benzene rings is 1. The van der Waals surface area contributed by atoms with Crippen LogP contribution in [0.2, 0.25) is 0 Å². The number of rotatable bonds is 23. The lowest BCUT2D eigenvalue weighted by Crippen LogP contribution is -2.23. The van der Waals surface area contributed by atoms with Gasteiger partial charge in [-0.25, -0.2) is 0 Å². The zero-order chi connectivity index (χ0) is 23.1. The average molecular weight is 480 g/mol. The molecule has 194 valence electrons. The van der Waals surface area contributed by atoms with Gasteiger partial charge < -0.3 is 4.90 Å². The van der Waals surface area contributed by atoms with E-state index in [1.54, 1.807) is 5.56 Å². The summed E-state index contributed by atoms with van der Waals surface area (Å²) >= 11 is 0. The second kappa shape index (κ2) is 24.6. The molecule has 0 heterocycles. The normalized spacial score (nSPS) is 11.2. The third kappa shape index (κ3) is 19.5. The summed E-state index contributed by atoms with van der Waals surface area (Å²) in [5.74, 6) is 0. The molecule has 33 heavy (non-hydrogen) atoms. The summed E-state index contributed by atoms with van der Waals surface area (Å²) in [5.41, 5.74) is 3.01. The van der Waals surface area contributed by atoms with Crippen molar-refractivity contribution in [3.05, 3.63) is 35.4 Å². The predicted octanol–water partition coefficient (Wildman–Crippen LogP) is 10.3. The maximum Gasteiger partial charge on any atom is -0.00190 e. The molecule has 1 aromatic rings. The van der Waals surface area contributed by atoms with E-state index in [4.69, 9.17) is 0 Å². The molecule has 0 unspecified atom stereocenters. The molecule has 0 fully saturated rings. The molecular formula is C31H58ClN. The molecule has 1 aromatic carbocycles. The predicted molar refractivity (Wildman–Crippen MR) is 153 cm³/mol. The number of unbranched alkanes of at least 4 members (excludes halogenated alkanes) is 17. The highest BCUT2D eigenvalue weighted by molar-refractivity contribution is 5.85. The smallest absolute Gasteiger partial charge is 0.00190 e. The number of hydrogen-bond donors (Lipinski definition) is 0.